The Balaban J connectivity index is 1.82. The second-order valence-electron chi connectivity index (χ2n) is 5.37. The molecule has 5 heteroatoms. The van der Waals surface area contributed by atoms with Crippen molar-refractivity contribution in [3.05, 3.63) is 18.0 Å². The first-order chi connectivity index (χ1) is 9.16. The van der Waals surface area contributed by atoms with E-state index in [1.54, 1.807) is 4.68 Å². The molecular formula is C14H24N4O. The summed E-state index contributed by atoms with van der Waals surface area (Å²) in [4.78, 5) is 12.4. The van der Waals surface area contributed by atoms with Gasteiger partial charge in [0, 0.05) is 26.2 Å². The van der Waals surface area contributed by atoms with Crippen molar-refractivity contribution in [3.8, 4) is 0 Å². The fourth-order valence-corrected chi connectivity index (χ4v) is 2.73. The predicted molar refractivity (Wildman–Crippen MR) is 74.7 cm³/mol. The molecule has 1 fully saturated rings. The molecule has 1 saturated heterocycles. The molecule has 2 heterocycles. The fraction of sp³-hybridized carbons (Fsp3) is 0.714. The zero-order chi connectivity index (χ0) is 13.7. The Hall–Kier alpha value is -1.36. The van der Waals surface area contributed by atoms with Crippen molar-refractivity contribution in [1.82, 2.24) is 20.4 Å². The Morgan fingerprint density at radius 2 is 2.26 bits per heavy atom. The van der Waals surface area contributed by atoms with E-state index in [2.05, 4.69) is 22.7 Å². The quantitative estimate of drug-likeness (QED) is 0.829. The fourth-order valence-electron chi connectivity index (χ4n) is 2.73. The Morgan fingerprint density at radius 1 is 1.53 bits per heavy atom. The number of nitrogens with zero attached hydrogens (tertiary/aromatic N) is 2. The minimum absolute atomic E-state index is 0.157. The third kappa shape index (κ3) is 3.35. The second kappa shape index (κ2) is 6.19. The van der Waals surface area contributed by atoms with E-state index < -0.39 is 0 Å². The maximum Gasteiger partial charge on any atom is 0.226 e. The van der Waals surface area contributed by atoms with Gasteiger partial charge in [-0.1, -0.05) is 6.92 Å². The molecular weight excluding hydrogens is 240 g/mol. The van der Waals surface area contributed by atoms with Crippen LogP contribution in [-0.2, 0) is 18.3 Å². The predicted octanol–water partition coefficient (Wildman–Crippen LogP) is 0.859. The first kappa shape index (κ1) is 14.1. The number of hydrogen-bond donors (Lipinski definition) is 2. The summed E-state index contributed by atoms with van der Waals surface area (Å²) >= 11 is 0. The molecule has 0 aliphatic carbocycles. The molecule has 2 N–H and O–H groups in total. The van der Waals surface area contributed by atoms with Gasteiger partial charge in [-0.3, -0.25) is 9.48 Å². The van der Waals surface area contributed by atoms with Crippen molar-refractivity contribution in [1.29, 1.82) is 0 Å². The van der Waals surface area contributed by atoms with Crippen LogP contribution < -0.4 is 10.6 Å². The monoisotopic (exact) mass is 264 g/mol. The van der Waals surface area contributed by atoms with Crippen LogP contribution in [0.15, 0.2) is 12.3 Å². The summed E-state index contributed by atoms with van der Waals surface area (Å²) in [5.41, 5.74) is 0.869. The lowest BCUT2D eigenvalue weighted by Crippen LogP contribution is -2.47. The lowest BCUT2D eigenvalue weighted by Gasteiger charge is -2.35. The standard InChI is InChI=1S/C14H24N4O/c1-3-14(6-9-15-10-7-14)13(19)16-8-4-12-5-11-18(2)17-12/h5,11,15H,3-4,6-10H2,1-2H3,(H,16,19). The van der Waals surface area contributed by atoms with Gasteiger partial charge in [-0.15, -0.1) is 0 Å². The van der Waals surface area contributed by atoms with Crippen molar-refractivity contribution < 1.29 is 4.79 Å². The van der Waals surface area contributed by atoms with Crippen LogP contribution in [0.1, 0.15) is 31.9 Å². The van der Waals surface area contributed by atoms with E-state index >= 15 is 0 Å². The average Bonchev–Trinajstić information content (AvgIpc) is 2.85. The van der Waals surface area contributed by atoms with Crippen molar-refractivity contribution in [3.63, 3.8) is 0 Å². The van der Waals surface area contributed by atoms with Gasteiger partial charge >= 0.3 is 0 Å². The van der Waals surface area contributed by atoms with Gasteiger partial charge in [0.05, 0.1) is 11.1 Å². The van der Waals surface area contributed by atoms with Crippen LogP contribution in [0.4, 0.5) is 0 Å². The van der Waals surface area contributed by atoms with E-state index in [4.69, 9.17) is 0 Å². The van der Waals surface area contributed by atoms with E-state index in [-0.39, 0.29) is 11.3 Å². The summed E-state index contributed by atoms with van der Waals surface area (Å²) in [6, 6.07) is 1.99. The summed E-state index contributed by atoms with van der Waals surface area (Å²) < 4.78 is 1.79. The van der Waals surface area contributed by atoms with Crippen molar-refractivity contribution >= 4 is 5.91 Å². The highest BCUT2D eigenvalue weighted by atomic mass is 16.2. The Morgan fingerprint density at radius 3 is 2.84 bits per heavy atom. The summed E-state index contributed by atoms with van der Waals surface area (Å²) in [6.45, 7) is 4.68. The number of amides is 1. The molecule has 106 valence electrons. The summed E-state index contributed by atoms with van der Waals surface area (Å²) in [6.07, 6.45) is 5.53. The Kier molecular flexibility index (Phi) is 4.58. The van der Waals surface area contributed by atoms with E-state index in [0.717, 1.165) is 44.5 Å². The second-order valence-corrected chi connectivity index (χ2v) is 5.37. The molecule has 0 bridgehead atoms. The summed E-state index contributed by atoms with van der Waals surface area (Å²) in [7, 11) is 1.91. The topological polar surface area (TPSA) is 59.0 Å². The van der Waals surface area contributed by atoms with Gasteiger partial charge in [-0.2, -0.15) is 5.10 Å². The van der Waals surface area contributed by atoms with Crippen LogP contribution in [0.3, 0.4) is 0 Å². The number of carbonyl (C=O) groups excluding carboxylic acids is 1. The van der Waals surface area contributed by atoms with Gasteiger partial charge in [-0.05, 0) is 38.4 Å². The Labute approximate surface area is 114 Å². The van der Waals surface area contributed by atoms with Crippen molar-refractivity contribution in [2.24, 2.45) is 12.5 Å². The number of hydrogen-bond acceptors (Lipinski definition) is 3. The van der Waals surface area contributed by atoms with Crippen molar-refractivity contribution in [2.75, 3.05) is 19.6 Å². The number of rotatable bonds is 5. The number of aryl methyl sites for hydroxylation is 1. The molecule has 0 aromatic carbocycles. The van der Waals surface area contributed by atoms with E-state index in [1.807, 2.05) is 19.3 Å². The normalized spacial score (nSPS) is 18.2. The number of piperidine rings is 1. The van der Waals surface area contributed by atoms with Gasteiger partial charge in [0.2, 0.25) is 5.91 Å². The van der Waals surface area contributed by atoms with E-state index in [0.29, 0.717) is 6.54 Å². The minimum Gasteiger partial charge on any atom is -0.355 e. The van der Waals surface area contributed by atoms with Crippen molar-refractivity contribution in [2.45, 2.75) is 32.6 Å². The van der Waals surface area contributed by atoms with Gasteiger partial charge in [0.1, 0.15) is 0 Å². The van der Waals surface area contributed by atoms with Crippen LogP contribution in [0.25, 0.3) is 0 Å². The highest BCUT2D eigenvalue weighted by Gasteiger charge is 2.37. The maximum absolute atomic E-state index is 12.4. The minimum atomic E-state index is -0.157. The first-order valence-corrected chi connectivity index (χ1v) is 7.14. The first-order valence-electron chi connectivity index (χ1n) is 7.14. The molecule has 0 saturated carbocycles. The van der Waals surface area contributed by atoms with Gasteiger partial charge in [0.15, 0.2) is 0 Å². The lowest BCUT2D eigenvalue weighted by molar-refractivity contribution is -0.132. The molecule has 1 aromatic rings. The summed E-state index contributed by atoms with van der Waals surface area (Å²) in [5, 5.41) is 10.7. The largest absolute Gasteiger partial charge is 0.355 e. The number of nitrogens with one attached hydrogen (secondary N) is 2. The molecule has 1 amide bonds. The molecule has 19 heavy (non-hydrogen) atoms. The highest BCUT2D eigenvalue weighted by Crippen LogP contribution is 2.32. The van der Waals surface area contributed by atoms with Crippen LogP contribution in [0.5, 0.6) is 0 Å². The summed E-state index contributed by atoms with van der Waals surface area (Å²) in [5.74, 6) is 0.215. The molecule has 0 spiro atoms. The highest BCUT2D eigenvalue weighted by molar-refractivity contribution is 5.82. The maximum atomic E-state index is 12.4. The molecule has 1 aliphatic heterocycles. The zero-order valence-corrected chi connectivity index (χ0v) is 11.9. The van der Waals surface area contributed by atoms with E-state index in [1.165, 1.54) is 0 Å². The van der Waals surface area contributed by atoms with Crippen LogP contribution in [0.2, 0.25) is 0 Å². The Bertz CT molecular complexity index is 421. The average molecular weight is 264 g/mol. The third-order valence-corrected chi connectivity index (χ3v) is 4.15. The van der Waals surface area contributed by atoms with E-state index in [9.17, 15) is 4.79 Å². The molecule has 1 aliphatic rings. The lowest BCUT2D eigenvalue weighted by atomic mass is 9.76. The molecule has 0 unspecified atom stereocenters. The van der Waals surface area contributed by atoms with Crippen LogP contribution in [0, 0.1) is 5.41 Å². The third-order valence-electron chi connectivity index (χ3n) is 4.15. The van der Waals surface area contributed by atoms with Gasteiger partial charge in [-0.25, -0.2) is 0 Å². The molecule has 5 nitrogen and oxygen atoms in total. The number of carbonyl (C=O) groups is 1. The molecule has 1 aromatic heterocycles. The SMILES string of the molecule is CCC1(C(=O)NCCc2ccn(C)n2)CCNCC1. The van der Waals surface area contributed by atoms with Gasteiger partial charge < -0.3 is 10.6 Å². The molecule has 0 radical (unpaired) electrons. The van der Waals surface area contributed by atoms with Gasteiger partial charge in [0.25, 0.3) is 0 Å². The zero-order valence-electron chi connectivity index (χ0n) is 11.9. The molecule has 0 atom stereocenters. The van der Waals surface area contributed by atoms with Crippen LogP contribution >= 0.6 is 0 Å². The number of aromatic nitrogens is 2. The smallest absolute Gasteiger partial charge is 0.226 e. The molecule has 2 rings (SSSR count). The van der Waals surface area contributed by atoms with Crippen LogP contribution in [-0.4, -0.2) is 35.3 Å².